The molecule has 0 bridgehead atoms. The largest absolute Gasteiger partial charge is 0.455 e. The molecule has 0 fully saturated rings. The van der Waals surface area contributed by atoms with Gasteiger partial charge in [0.1, 0.15) is 11.5 Å². The number of ether oxygens (including phenoxy) is 1. The van der Waals surface area contributed by atoms with Gasteiger partial charge in [-0.05, 0) is 68.3 Å². The van der Waals surface area contributed by atoms with Crippen LogP contribution in [0.4, 0.5) is 0 Å². The molecule has 0 aromatic heterocycles. The van der Waals surface area contributed by atoms with Crippen LogP contribution in [0.15, 0.2) is 54.7 Å². The Hall–Kier alpha value is -0.410. The standard InChI is InChI=1S/C12H8Br3NO3S/c13-7-1-3-11(9(14)5-7)19-12-4-2-8(6-10(12)15)20(16,17)18/h1-6H,(H2,16,17,18). The summed E-state index contributed by atoms with van der Waals surface area (Å²) in [6, 6.07) is 9.81. The van der Waals surface area contributed by atoms with Gasteiger partial charge in [0.15, 0.2) is 0 Å². The van der Waals surface area contributed by atoms with E-state index in [1.54, 1.807) is 6.07 Å². The van der Waals surface area contributed by atoms with E-state index < -0.39 is 10.0 Å². The number of hydrogen-bond donors (Lipinski definition) is 1. The summed E-state index contributed by atoms with van der Waals surface area (Å²) in [5.41, 5.74) is 0. The van der Waals surface area contributed by atoms with E-state index in [1.165, 1.54) is 18.2 Å². The molecule has 0 unspecified atom stereocenters. The fourth-order valence-electron chi connectivity index (χ4n) is 1.42. The van der Waals surface area contributed by atoms with Crippen molar-refractivity contribution in [3.05, 3.63) is 49.8 Å². The van der Waals surface area contributed by atoms with E-state index in [9.17, 15) is 8.42 Å². The zero-order valence-electron chi connectivity index (χ0n) is 9.81. The van der Waals surface area contributed by atoms with Crippen LogP contribution in [0.5, 0.6) is 11.5 Å². The molecule has 20 heavy (non-hydrogen) atoms. The topological polar surface area (TPSA) is 69.4 Å². The minimum absolute atomic E-state index is 0.0200. The van der Waals surface area contributed by atoms with Gasteiger partial charge in [0.2, 0.25) is 10.0 Å². The average Bonchev–Trinajstić information content (AvgIpc) is 2.33. The van der Waals surface area contributed by atoms with Gasteiger partial charge >= 0.3 is 0 Å². The zero-order chi connectivity index (χ0) is 14.9. The highest BCUT2D eigenvalue weighted by molar-refractivity contribution is 9.11. The maximum Gasteiger partial charge on any atom is 0.238 e. The lowest BCUT2D eigenvalue weighted by Gasteiger charge is -2.10. The molecule has 8 heteroatoms. The van der Waals surface area contributed by atoms with E-state index in [2.05, 4.69) is 47.8 Å². The van der Waals surface area contributed by atoms with Crippen LogP contribution < -0.4 is 9.88 Å². The summed E-state index contributed by atoms with van der Waals surface area (Å²) in [4.78, 5) is 0.0200. The van der Waals surface area contributed by atoms with Crippen LogP contribution in [0, 0.1) is 0 Å². The molecule has 106 valence electrons. The van der Waals surface area contributed by atoms with Gasteiger partial charge in [0, 0.05) is 4.47 Å². The van der Waals surface area contributed by atoms with E-state index in [0.717, 1.165) is 8.95 Å². The van der Waals surface area contributed by atoms with Crippen molar-refractivity contribution in [3.8, 4) is 11.5 Å². The Morgan fingerprint density at radius 2 is 1.45 bits per heavy atom. The first-order valence-electron chi connectivity index (χ1n) is 5.22. The molecule has 0 aliphatic heterocycles. The molecule has 0 spiro atoms. The van der Waals surface area contributed by atoms with Gasteiger partial charge in [-0.25, -0.2) is 13.6 Å². The molecule has 0 atom stereocenters. The Morgan fingerprint density at radius 3 is 1.95 bits per heavy atom. The second-order valence-corrected chi connectivity index (χ2v) is 8.00. The second kappa shape index (κ2) is 6.15. The van der Waals surface area contributed by atoms with Crippen LogP contribution >= 0.6 is 47.8 Å². The van der Waals surface area contributed by atoms with Gasteiger partial charge in [0.05, 0.1) is 13.8 Å². The molecule has 2 aromatic rings. The third-order valence-corrected chi connectivity index (χ3v) is 4.99. The van der Waals surface area contributed by atoms with Crippen LogP contribution in [-0.4, -0.2) is 8.42 Å². The number of rotatable bonds is 3. The molecule has 0 saturated heterocycles. The highest BCUT2D eigenvalue weighted by Crippen LogP contribution is 2.36. The minimum Gasteiger partial charge on any atom is -0.455 e. The average molecular weight is 486 g/mol. The third-order valence-electron chi connectivity index (χ3n) is 2.35. The molecule has 0 radical (unpaired) electrons. The van der Waals surface area contributed by atoms with Crippen molar-refractivity contribution < 1.29 is 13.2 Å². The Kier molecular flexibility index (Phi) is 4.91. The minimum atomic E-state index is -3.73. The maximum absolute atomic E-state index is 11.2. The van der Waals surface area contributed by atoms with E-state index in [1.807, 2.05) is 12.1 Å². The molecule has 0 aliphatic rings. The van der Waals surface area contributed by atoms with Gasteiger partial charge < -0.3 is 4.74 Å². The maximum atomic E-state index is 11.2. The van der Waals surface area contributed by atoms with Crippen LogP contribution in [-0.2, 0) is 10.0 Å². The fourth-order valence-corrected chi connectivity index (χ4v) is 3.70. The number of benzene rings is 2. The van der Waals surface area contributed by atoms with Gasteiger partial charge in [-0.3, -0.25) is 0 Å². The summed E-state index contributed by atoms with van der Waals surface area (Å²) >= 11 is 10.0. The van der Waals surface area contributed by atoms with Crippen LogP contribution in [0.3, 0.4) is 0 Å². The van der Waals surface area contributed by atoms with E-state index >= 15 is 0 Å². The first-order valence-corrected chi connectivity index (χ1v) is 9.15. The molecule has 0 amide bonds. The van der Waals surface area contributed by atoms with Gasteiger partial charge in [-0.1, -0.05) is 15.9 Å². The molecule has 2 rings (SSSR count). The molecule has 2 N–H and O–H groups in total. The number of hydrogen-bond acceptors (Lipinski definition) is 3. The summed E-state index contributed by atoms with van der Waals surface area (Å²) < 4.78 is 30.4. The summed E-state index contributed by atoms with van der Waals surface area (Å²) in [5.74, 6) is 1.10. The number of sulfonamides is 1. The van der Waals surface area contributed by atoms with Crippen molar-refractivity contribution >= 4 is 57.8 Å². The van der Waals surface area contributed by atoms with Crippen molar-refractivity contribution in [2.75, 3.05) is 0 Å². The van der Waals surface area contributed by atoms with Crippen molar-refractivity contribution in [2.24, 2.45) is 5.14 Å². The number of primary sulfonamides is 1. The predicted octanol–water partition coefficient (Wildman–Crippen LogP) is 4.41. The Labute approximate surface area is 141 Å². The van der Waals surface area contributed by atoms with Crippen LogP contribution in [0.25, 0.3) is 0 Å². The van der Waals surface area contributed by atoms with E-state index in [0.29, 0.717) is 16.0 Å². The molecule has 0 saturated carbocycles. The summed E-state index contributed by atoms with van der Waals surface area (Å²) in [5, 5.41) is 5.07. The van der Waals surface area contributed by atoms with Crippen molar-refractivity contribution in [3.63, 3.8) is 0 Å². The predicted molar refractivity (Wildman–Crippen MR) is 87.4 cm³/mol. The number of halogens is 3. The Morgan fingerprint density at radius 1 is 0.900 bits per heavy atom. The zero-order valence-corrected chi connectivity index (χ0v) is 15.4. The van der Waals surface area contributed by atoms with E-state index in [4.69, 9.17) is 9.88 Å². The molecular weight excluding hydrogens is 478 g/mol. The van der Waals surface area contributed by atoms with Crippen LogP contribution in [0.1, 0.15) is 0 Å². The van der Waals surface area contributed by atoms with Gasteiger partial charge in [0.25, 0.3) is 0 Å². The monoisotopic (exact) mass is 483 g/mol. The summed E-state index contributed by atoms with van der Waals surface area (Å²) in [6.45, 7) is 0. The lowest BCUT2D eigenvalue weighted by Crippen LogP contribution is -2.11. The van der Waals surface area contributed by atoms with Crippen molar-refractivity contribution in [1.29, 1.82) is 0 Å². The van der Waals surface area contributed by atoms with Crippen molar-refractivity contribution in [1.82, 2.24) is 0 Å². The van der Waals surface area contributed by atoms with Crippen molar-refractivity contribution in [2.45, 2.75) is 4.90 Å². The highest BCUT2D eigenvalue weighted by atomic mass is 79.9. The molecule has 0 aliphatic carbocycles. The SMILES string of the molecule is NS(=O)(=O)c1ccc(Oc2ccc(Br)cc2Br)c(Br)c1. The lowest BCUT2D eigenvalue weighted by molar-refractivity contribution is 0.476. The normalized spacial score (nSPS) is 11.4. The quantitative estimate of drug-likeness (QED) is 0.700. The van der Waals surface area contributed by atoms with Gasteiger partial charge in [-0.15, -0.1) is 0 Å². The Bertz CT molecular complexity index is 763. The first-order chi connectivity index (χ1) is 9.27. The smallest absolute Gasteiger partial charge is 0.238 e. The summed E-state index contributed by atoms with van der Waals surface area (Å²) in [6.07, 6.45) is 0. The van der Waals surface area contributed by atoms with Gasteiger partial charge in [-0.2, -0.15) is 0 Å². The van der Waals surface area contributed by atoms with Crippen LogP contribution in [0.2, 0.25) is 0 Å². The molecule has 4 nitrogen and oxygen atoms in total. The molecular formula is C12H8Br3NO3S. The van der Waals surface area contributed by atoms with E-state index in [-0.39, 0.29) is 4.90 Å². The fraction of sp³-hybridized carbons (Fsp3) is 0. The molecule has 2 aromatic carbocycles. The lowest BCUT2D eigenvalue weighted by atomic mass is 10.3. The second-order valence-electron chi connectivity index (χ2n) is 3.81. The Balaban J connectivity index is 2.35. The first kappa shape index (κ1) is 16.0. The highest BCUT2D eigenvalue weighted by Gasteiger charge is 2.12. The number of nitrogens with two attached hydrogens (primary N) is 1. The molecule has 0 heterocycles. The summed E-state index contributed by atoms with van der Waals surface area (Å²) in [7, 11) is -3.73. The third kappa shape index (κ3) is 3.82.